The fraction of sp³-hybridized carbons (Fsp3) is 0.182. The molecule has 0 spiro atoms. The summed E-state index contributed by atoms with van der Waals surface area (Å²) in [7, 11) is 0. The van der Waals surface area contributed by atoms with Gasteiger partial charge in [-0.2, -0.15) is 0 Å². The summed E-state index contributed by atoms with van der Waals surface area (Å²) in [5, 5.41) is 0. The maximum atomic E-state index is 6.18. The van der Waals surface area contributed by atoms with Crippen molar-refractivity contribution in [2.75, 3.05) is 0 Å². The fourth-order valence-electron chi connectivity index (χ4n) is 1.34. The first-order chi connectivity index (χ1) is 7.58. The third-order valence-corrected chi connectivity index (χ3v) is 5.60. The largest absolute Gasteiger partial charge is 0.320 e. The van der Waals surface area contributed by atoms with Crippen LogP contribution in [0.5, 0.6) is 0 Å². The summed E-state index contributed by atoms with van der Waals surface area (Å²) < 4.78 is 2.11. The molecule has 0 aliphatic rings. The number of nitrogens with two attached hydrogens (primary N) is 1. The Labute approximate surface area is 115 Å². The van der Waals surface area contributed by atoms with Crippen molar-refractivity contribution in [1.29, 1.82) is 0 Å². The molecule has 2 aromatic heterocycles. The van der Waals surface area contributed by atoms with Crippen molar-refractivity contribution in [3.05, 3.63) is 48.8 Å². The van der Waals surface area contributed by atoms with E-state index in [1.807, 2.05) is 31.3 Å². The number of rotatable bonds is 2. The Morgan fingerprint density at radius 3 is 2.62 bits per heavy atom. The minimum Gasteiger partial charge on any atom is -0.320 e. The zero-order chi connectivity index (χ0) is 11.7. The van der Waals surface area contributed by atoms with Gasteiger partial charge in [-0.05, 0) is 56.5 Å². The van der Waals surface area contributed by atoms with Gasteiger partial charge in [-0.25, -0.2) is 0 Å². The minimum absolute atomic E-state index is 0.110. The lowest BCUT2D eigenvalue weighted by Crippen LogP contribution is -2.10. The topological polar surface area (TPSA) is 38.9 Å². The number of hydrogen-bond acceptors (Lipinski definition) is 3. The lowest BCUT2D eigenvalue weighted by molar-refractivity contribution is 0.880. The maximum Gasteiger partial charge on any atom is 0.0843 e. The van der Waals surface area contributed by atoms with Gasteiger partial charge in [-0.3, -0.25) is 4.98 Å². The highest BCUT2D eigenvalue weighted by Gasteiger charge is 2.13. The first kappa shape index (κ1) is 12.2. The van der Waals surface area contributed by atoms with Gasteiger partial charge < -0.3 is 5.73 Å². The molecule has 0 fully saturated rings. The molecule has 0 radical (unpaired) electrons. The van der Waals surface area contributed by atoms with Crippen LogP contribution >= 0.6 is 43.2 Å². The summed E-state index contributed by atoms with van der Waals surface area (Å²) in [6.07, 6.45) is 1.83. The molecule has 2 aromatic rings. The van der Waals surface area contributed by atoms with Crippen LogP contribution in [-0.2, 0) is 0 Å². The van der Waals surface area contributed by atoms with Crippen molar-refractivity contribution < 1.29 is 0 Å². The Morgan fingerprint density at radius 1 is 1.38 bits per heavy atom. The van der Waals surface area contributed by atoms with Gasteiger partial charge in [0.15, 0.2) is 0 Å². The number of halogens is 2. The number of nitrogens with zero attached hydrogens (tertiary/aromatic N) is 1. The second kappa shape index (κ2) is 4.96. The van der Waals surface area contributed by atoms with Crippen LogP contribution < -0.4 is 5.73 Å². The monoisotopic (exact) mass is 360 g/mol. The van der Waals surface area contributed by atoms with Crippen molar-refractivity contribution in [2.45, 2.75) is 13.0 Å². The fourth-order valence-corrected chi connectivity index (χ4v) is 3.46. The van der Waals surface area contributed by atoms with E-state index < -0.39 is 0 Å². The van der Waals surface area contributed by atoms with Gasteiger partial charge >= 0.3 is 0 Å². The Kier molecular flexibility index (Phi) is 3.79. The summed E-state index contributed by atoms with van der Waals surface area (Å²) in [5.74, 6) is 0. The molecule has 2 nitrogen and oxygen atoms in total. The van der Waals surface area contributed by atoms with Gasteiger partial charge in [0.1, 0.15) is 0 Å². The van der Waals surface area contributed by atoms with Gasteiger partial charge in [0, 0.05) is 21.2 Å². The van der Waals surface area contributed by atoms with E-state index in [4.69, 9.17) is 5.73 Å². The van der Waals surface area contributed by atoms with Gasteiger partial charge in [-0.1, -0.05) is 6.07 Å². The number of thiophene rings is 1. The van der Waals surface area contributed by atoms with E-state index in [0.29, 0.717) is 0 Å². The molecule has 5 heteroatoms. The molecular formula is C11H10Br2N2S. The smallest absolute Gasteiger partial charge is 0.0843 e. The number of hydrogen-bond donors (Lipinski definition) is 1. The Hall–Kier alpha value is -0.230. The third-order valence-electron chi connectivity index (χ3n) is 2.26. The van der Waals surface area contributed by atoms with Crippen LogP contribution in [0.4, 0.5) is 0 Å². The van der Waals surface area contributed by atoms with Crippen LogP contribution in [0, 0.1) is 6.92 Å². The van der Waals surface area contributed by atoms with Crippen molar-refractivity contribution >= 4 is 43.2 Å². The summed E-state index contributed by atoms with van der Waals surface area (Å²) in [6, 6.07) is 5.93. The predicted octanol–water partition coefficient (Wildman–Crippen LogP) is 4.02. The van der Waals surface area contributed by atoms with Crippen molar-refractivity contribution in [3.63, 3.8) is 0 Å². The Bertz CT molecular complexity index is 474. The molecule has 2 N–H and O–H groups in total. The average Bonchev–Trinajstić information content (AvgIpc) is 2.59. The van der Waals surface area contributed by atoms with E-state index in [1.165, 1.54) is 0 Å². The lowest BCUT2D eigenvalue weighted by Gasteiger charge is -2.09. The molecule has 0 aromatic carbocycles. The molecule has 0 amide bonds. The standard InChI is InChI=1S/C11H10Br2N2S/c1-6-2-3-7(5-15-6)10(14)9-4-8(12)11(13)16-9/h2-5,10H,14H2,1H3. The average molecular weight is 362 g/mol. The molecule has 0 bridgehead atoms. The molecule has 2 rings (SSSR count). The van der Waals surface area contributed by atoms with Crippen LogP contribution in [0.1, 0.15) is 22.2 Å². The van der Waals surface area contributed by atoms with Crippen molar-refractivity contribution in [3.8, 4) is 0 Å². The van der Waals surface area contributed by atoms with Gasteiger partial charge in [0.05, 0.1) is 9.83 Å². The summed E-state index contributed by atoms with van der Waals surface area (Å²) in [6.45, 7) is 1.97. The van der Waals surface area contributed by atoms with Crippen LogP contribution in [0.2, 0.25) is 0 Å². The molecule has 0 saturated heterocycles. The number of pyridine rings is 1. The van der Waals surface area contributed by atoms with E-state index in [9.17, 15) is 0 Å². The molecule has 2 heterocycles. The van der Waals surface area contributed by atoms with Gasteiger partial charge in [0.25, 0.3) is 0 Å². The molecular weight excluding hydrogens is 352 g/mol. The van der Waals surface area contributed by atoms with Crippen LogP contribution in [0.15, 0.2) is 32.7 Å². The first-order valence-corrected chi connectivity index (χ1v) is 7.11. The summed E-state index contributed by atoms with van der Waals surface area (Å²) in [4.78, 5) is 5.37. The zero-order valence-electron chi connectivity index (χ0n) is 8.58. The molecule has 0 aliphatic carbocycles. The zero-order valence-corrected chi connectivity index (χ0v) is 12.6. The maximum absolute atomic E-state index is 6.18. The van der Waals surface area contributed by atoms with E-state index >= 15 is 0 Å². The molecule has 16 heavy (non-hydrogen) atoms. The molecule has 0 saturated carbocycles. The second-order valence-electron chi connectivity index (χ2n) is 3.48. The first-order valence-electron chi connectivity index (χ1n) is 4.71. The lowest BCUT2D eigenvalue weighted by atomic mass is 10.1. The molecule has 84 valence electrons. The number of aryl methyl sites for hydroxylation is 1. The van der Waals surface area contributed by atoms with E-state index in [-0.39, 0.29) is 6.04 Å². The van der Waals surface area contributed by atoms with E-state index in [2.05, 4.69) is 36.8 Å². The van der Waals surface area contributed by atoms with Crippen LogP contribution in [-0.4, -0.2) is 4.98 Å². The SMILES string of the molecule is Cc1ccc(C(N)c2cc(Br)c(Br)s2)cn1. The highest BCUT2D eigenvalue weighted by atomic mass is 79.9. The Balaban J connectivity index is 2.31. The van der Waals surface area contributed by atoms with E-state index in [1.54, 1.807) is 11.3 Å². The van der Waals surface area contributed by atoms with Crippen molar-refractivity contribution in [2.24, 2.45) is 5.73 Å². The highest BCUT2D eigenvalue weighted by molar-refractivity contribution is 9.13. The quantitative estimate of drug-likeness (QED) is 0.877. The summed E-state index contributed by atoms with van der Waals surface area (Å²) >= 11 is 8.57. The Morgan fingerprint density at radius 2 is 2.12 bits per heavy atom. The molecule has 1 unspecified atom stereocenters. The van der Waals surface area contributed by atoms with Gasteiger partial charge in [-0.15, -0.1) is 11.3 Å². The highest BCUT2D eigenvalue weighted by Crippen LogP contribution is 2.36. The normalized spacial score (nSPS) is 12.8. The van der Waals surface area contributed by atoms with Crippen molar-refractivity contribution in [1.82, 2.24) is 4.98 Å². The number of aromatic nitrogens is 1. The summed E-state index contributed by atoms with van der Waals surface area (Å²) in [5.41, 5.74) is 8.22. The molecule has 1 atom stereocenters. The second-order valence-corrected chi connectivity index (χ2v) is 6.74. The van der Waals surface area contributed by atoms with E-state index in [0.717, 1.165) is 24.4 Å². The molecule has 0 aliphatic heterocycles. The van der Waals surface area contributed by atoms with Crippen LogP contribution in [0.3, 0.4) is 0 Å². The van der Waals surface area contributed by atoms with Crippen LogP contribution in [0.25, 0.3) is 0 Å². The van der Waals surface area contributed by atoms with Gasteiger partial charge in [0.2, 0.25) is 0 Å². The predicted molar refractivity (Wildman–Crippen MR) is 74.7 cm³/mol. The minimum atomic E-state index is -0.110. The third kappa shape index (κ3) is 2.53.